The Morgan fingerprint density at radius 1 is 1.67 bits per heavy atom. The molecule has 1 aromatic heterocycles. The molecule has 0 atom stereocenters. The van der Waals surface area contributed by atoms with Crippen LogP contribution in [0.4, 0.5) is 10.9 Å². The van der Waals surface area contributed by atoms with E-state index in [1.165, 1.54) is 0 Å². The SMILES string of the molecule is CN(C)c1nc(N)sc1C(=O)O. The van der Waals surface area contributed by atoms with Gasteiger partial charge >= 0.3 is 5.97 Å². The van der Waals surface area contributed by atoms with E-state index in [9.17, 15) is 4.79 Å². The third-order valence-electron chi connectivity index (χ3n) is 1.24. The zero-order valence-corrected chi connectivity index (χ0v) is 7.55. The van der Waals surface area contributed by atoms with Crippen LogP contribution in [0, 0.1) is 0 Å². The fourth-order valence-electron chi connectivity index (χ4n) is 0.771. The predicted octanol–water partition coefficient (Wildman–Crippen LogP) is 0.489. The molecular formula is C6H9N3O2S. The molecule has 0 amide bonds. The molecule has 1 aromatic rings. The van der Waals surface area contributed by atoms with Gasteiger partial charge in [0.05, 0.1) is 0 Å². The predicted molar refractivity (Wildman–Crippen MR) is 47.8 cm³/mol. The zero-order chi connectivity index (χ0) is 9.30. The van der Waals surface area contributed by atoms with Crippen LogP contribution in [-0.4, -0.2) is 30.2 Å². The molecule has 0 aromatic carbocycles. The fraction of sp³-hybridized carbons (Fsp3) is 0.333. The summed E-state index contributed by atoms with van der Waals surface area (Å²) in [6.07, 6.45) is 0. The van der Waals surface area contributed by atoms with Crippen molar-refractivity contribution < 1.29 is 9.90 Å². The van der Waals surface area contributed by atoms with Gasteiger partial charge in [0.25, 0.3) is 0 Å². The third-order valence-corrected chi connectivity index (χ3v) is 2.11. The van der Waals surface area contributed by atoms with Crippen molar-refractivity contribution in [1.29, 1.82) is 0 Å². The highest BCUT2D eigenvalue weighted by molar-refractivity contribution is 7.17. The number of nitrogen functional groups attached to an aromatic ring is 1. The second-order valence-corrected chi connectivity index (χ2v) is 3.44. The van der Waals surface area contributed by atoms with E-state index in [2.05, 4.69) is 4.98 Å². The van der Waals surface area contributed by atoms with Gasteiger partial charge in [-0.3, -0.25) is 0 Å². The highest BCUT2D eigenvalue weighted by Crippen LogP contribution is 2.26. The minimum atomic E-state index is -0.993. The molecule has 1 heterocycles. The summed E-state index contributed by atoms with van der Waals surface area (Å²) in [6.45, 7) is 0. The van der Waals surface area contributed by atoms with Crippen molar-refractivity contribution in [2.45, 2.75) is 0 Å². The average molecular weight is 187 g/mol. The number of hydrogen-bond donors (Lipinski definition) is 2. The lowest BCUT2D eigenvalue weighted by molar-refractivity contribution is 0.0702. The summed E-state index contributed by atoms with van der Waals surface area (Å²) in [7, 11) is 3.45. The summed E-state index contributed by atoms with van der Waals surface area (Å²) in [5.41, 5.74) is 5.37. The van der Waals surface area contributed by atoms with Gasteiger partial charge in [0.1, 0.15) is 0 Å². The first-order chi connectivity index (χ1) is 5.52. The first-order valence-electron chi connectivity index (χ1n) is 3.19. The van der Waals surface area contributed by atoms with Crippen LogP contribution >= 0.6 is 11.3 Å². The first-order valence-corrected chi connectivity index (χ1v) is 4.01. The van der Waals surface area contributed by atoms with Crippen LogP contribution in [0.25, 0.3) is 0 Å². The van der Waals surface area contributed by atoms with E-state index in [-0.39, 0.29) is 10.0 Å². The number of aromatic nitrogens is 1. The number of hydrogen-bond acceptors (Lipinski definition) is 5. The van der Waals surface area contributed by atoms with Crippen LogP contribution < -0.4 is 10.6 Å². The number of carboxylic acids is 1. The minimum absolute atomic E-state index is 0.178. The lowest BCUT2D eigenvalue weighted by Crippen LogP contribution is -2.12. The number of anilines is 2. The third kappa shape index (κ3) is 1.48. The average Bonchev–Trinajstić information content (AvgIpc) is 2.31. The maximum atomic E-state index is 10.6. The van der Waals surface area contributed by atoms with Crippen molar-refractivity contribution in [2.75, 3.05) is 24.7 Å². The number of rotatable bonds is 2. The second kappa shape index (κ2) is 2.98. The number of carbonyl (C=O) groups is 1. The Balaban J connectivity index is 3.17. The van der Waals surface area contributed by atoms with E-state index in [0.717, 1.165) is 11.3 Å². The highest BCUT2D eigenvalue weighted by atomic mass is 32.1. The highest BCUT2D eigenvalue weighted by Gasteiger charge is 2.17. The van der Waals surface area contributed by atoms with Crippen molar-refractivity contribution in [3.63, 3.8) is 0 Å². The summed E-state index contributed by atoms with van der Waals surface area (Å²) >= 11 is 0.976. The largest absolute Gasteiger partial charge is 0.477 e. The Hall–Kier alpha value is -1.30. The Kier molecular flexibility index (Phi) is 2.18. The molecule has 0 saturated carbocycles. The molecule has 3 N–H and O–H groups in total. The maximum Gasteiger partial charge on any atom is 0.349 e. The van der Waals surface area contributed by atoms with E-state index in [4.69, 9.17) is 10.8 Å². The molecule has 0 saturated heterocycles. The van der Waals surface area contributed by atoms with E-state index < -0.39 is 5.97 Å². The maximum absolute atomic E-state index is 10.6. The summed E-state index contributed by atoms with van der Waals surface area (Å²) in [6, 6.07) is 0. The Labute approximate surface area is 73.4 Å². The van der Waals surface area contributed by atoms with Gasteiger partial charge in [-0.2, -0.15) is 0 Å². The standard InChI is InChI=1S/C6H9N3O2S/c1-9(2)4-3(5(10)11)12-6(7)8-4/h1-2H3,(H2,7,8)(H,10,11). The number of thiazole rings is 1. The van der Waals surface area contributed by atoms with Gasteiger partial charge in [-0.1, -0.05) is 11.3 Å². The van der Waals surface area contributed by atoms with Gasteiger partial charge in [0, 0.05) is 14.1 Å². The molecule has 0 aliphatic carbocycles. The molecule has 1 rings (SSSR count). The number of nitrogens with zero attached hydrogens (tertiary/aromatic N) is 2. The van der Waals surface area contributed by atoms with Gasteiger partial charge in [0.15, 0.2) is 15.8 Å². The van der Waals surface area contributed by atoms with Gasteiger partial charge in [-0.25, -0.2) is 9.78 Å². The van der Waals surface area contributed by atoms with E-state index in [0.29, 0.717) is 5.82 Å². The van der Waals surface area contributed by atoms with Crippen LogP contribution in [0.3, 0.4) is 0 Å². The van der Waals surface area contributed by atoms with Crippen molar-refractivity contribution in [2.24, 2.45) is 0 Å². The molecule has 0 fully saturated rings. The van der Waals surface area contributed by atoms with Crippen LogP contribution in [0.2, 0.25) is 0 Å². The molecule has 0 aliphatic heterocycles. The fourth-order valence-corrected chi connectivity index (χ4v) is 1.52. The summed E-state index contributed by atoms with van der Waals surface area (Å²) in [4.78, 5) is 16.3. The number of nitrogens with two attached hydrogens (primary N) is 1. The topological polar surface area (TPSA) is 79.5 Å². The molecule has 12 heavy (non-hydrogen) atoms. The number of aromatic carboxylic acids is 1. The van der Waals surface area contributed by atoms with Crippen molar-refractivity contribution in [3.8, 4) is 0 Å². The van der Waals surface area contributed by atoms with Crippen molar-refractivity contribution in [1.82, 2.24) is 4.98 Å². The summed E-state index contributed by atoms with van der Waals surface area (Å²) < 4.78 is 0. The second-order valence-electron chi connectivity index (χ2n) is 2.40. The van der Waals surface area contributed by atoms with Crippen LogP contribution in [0.1, 0.15) is 9.67 Å². The molecule has 0 bridgehead atoms. The normalized spacial score (nSPS) is 9.83. The molecule has 0 aliphatic rings. The van der Waals surface area contributed by atoms with Crippen LogP contribution in [0.5, 0.6) is 0 Å². The van der Waals surface area contributed by atoms with Crippen LogP contribution in [-0.2, 0) is 0 Å². The molecule has 5 nitrogen and oxygen atoms in total. The lowest BCUT2D eigenvalue weighted by Gasteiger charge is -2.08. The molecule has 0 radical (unpaired) electrons. The lowest BCUT2D eigenvalue weighted by atomic mass is 10.5. The van der Waals surface area contributed by atoms with Crippen LogP contribution in [0.15, 0.2) is 0 Å². The Morgan fingerprint density at radius 3 is 2.58 bits per heavy atom. The summed E-state index contributed by atoms with van der Waals surface area (Å²) in [5.74, 6) is -0.585. The monoisotopic (exact) mass is 187 g/mol. The number of carboxylic acid groups (broad SMARTS) is 1. The van der Waals surface area contributed by atoms with Crippen molar-refractivity contribution in [3.05, 3.63) is 4.88 Å². The quantitative estimate of drug-likeness (QED) is 0.704. The minimum Gasteiger partial charge on any atom is -0.477 e. The Bertz CT molecular complexity index is 308. The van der Waals surface area contributed by atoms with Gasteiger partial charge in [-0.05, 0) is 0 Å². The summed E-state index contributed by atoms with van der Waals surface area (Å²) in [5, 5.41) is 8.99. The van der Waals surface area contributed by atoms with Gasteiger partial charge in [-0.15, -0.1) is 0 Å². The Morgan fingerprint density at radius 2 is 2.25 bits per heavy atom. The van der Waals surface area contributed by atoms with E-state index in [1.54, 1.807) is 19.0 Å². The first kappa shape index (κ1) is 8.79. The molecule has 66 valence electrons. The van der Waals surface area contributed by atoms with Gasteiger partial charge in [0.2, 0.25) is 0 Å². The molecule has 0 spiro atoms. The zero-order valence-electron chi connectivity index (χ0n) is 6.74. The van der Waals surface area contributed by atoms with Crippen molar-refractivity contribution >= 4 is 28.3 Å². The molecule has 6 heteroatoms. The molecular weight excluding hydrogens is 178 g/mol. The van der Waals surface area contributed by atoms with E-state index in [1.807, 2.05) is 0 Å². The molecule has 0 unspecified atom stereocenters. The smallest absolute Gasteiger partial charge is 0.349 e. The van der Waals surface area contributed by atoms with E-state index >= 15 is 0 Å². The van der Waals surface area contributed by atoms with Gasteiger partial charge < -0.3 is 15.7 Å².